The highest BCUT2D eigenvalue weighted by Crippen LogP contribution is 2.45. The number of nitrogens with zero attached hydrogens (tertiary/aromatic N) is 1. The van der Waals surface area contributed by atoms with E-state index in [4.69, 9.17) is 0 Å². The first-order chi connectivity index (χ1) is 12.2. The van der Waals surface area contributed by atoms with Gasteiger partial charge in [-0.2, -0.15) is 0 Å². The Balaban J connectivity index is 1.67. The van der Waals surface area contributed by atoms with Crippen LogP contribution in [-0.4, -0.2) is 16.1 Å². The van der Waals surface area contributed by atoms with Gasteiger partial charge in [-0.3, -0.25) is 0 Å². The van der Waals surface area contributed by atoms with E-state index in [0.29, 0.717) is 5.92 Å². The number of hydroxylamine groups is 2. The Morgan fingerprint density at radius 1 is 0.846 bits per heavy atom. The van der Waals surface area contributed by atoms with Crippen molar-refractivity contribution in [1.82, 2.24) is 5.06 Å². The molecule has 3 rings (SSSR count). The second kappa shape index (κ2) is 7.64. The molecule has 1 aromatic rings. The Morgan fingerprint density at radius 2 is 1.31 bits per heavy atom. The summed E-state index contributed by atoms with van der Waals surface area (Å²) in [7, 11) is 0. The van der Waals surface area contributed by atoms with Crippen LogP contribution in [0.25, 0.3) is 0 Å². The third-order valence-electron chi connectivity index (χ3n) is 7.01. The van der Waals surface area contributed by atoms with Gasteiger partial charge in [0.2, 0.25) is 0 Å². The molecule has 1 aliphatic carbocycles. The van der Waals surface area contributed by atoms with Crippen LogP contribution in [0.3, 0.4) is 0 Å². The molecule has 1 radical (unpaired) electrons. The van der Waals surface area contributed by atoms with E-state index in [-0.39, 0.29) is 11.1 Å². The van der Waals surface area contributed by atoms with Crippen LogP contribution in [0.1, 0.15) is 109 Å². The third-order valence-corrected chi connectivity index (χ3v) is 7.01. The van der Waals surface area contributed by atoms with Crippen molar-refractivity contribution in [1.29, 1.82) is 0 Å². The predicted octanol–water partition coefficient (Wildman–Crippen LogP) is 6.84. The molecule has 1 aromatic carbocycles. The molecule has 1 saturated carbocycles. The molecule has 1 aliphatic heterocycles. The number of hydrogen-bond acceptors (Lipinski definition) is 1. The van der Waals surface area contributed by atoms with E-state index in [0.717, 1.165) is 24.7 Å². The summed E-state index contributed by atoms with van der Waals surface area (Å²) in [5, 5.41) is 13.9. The summed E-state index contributed by atoms with van der Waals surface area (Å²) >= 11 is 0. The van der Waals surface area contributed by atoms with Gasteiger partial charge in [-0.1, -0.05) is 44.0 Å². The molecule has 2 nitrogen and oxygen atoms in total. The Morgan fingerprint density at radius 3 is 1.77 bits per heavy atom. The molecule has 1 saturated heterocycles. The van der Waals surface area contributed by atoms with Crippen LogP contribution in [0.5, 0.6) is 0 Å². The molecule has 0 unspecified atom stereocenters. The minimum absolute atomic E-state index is 0.289. The van der Waals surface area contributed by atoms with Gasteiger partial charge in [0.1, 0.15) is 0 Å². The number of hydrogen-bond donors (Lipinski definition) is 0. The van der Waals surface area contributed by atoms with Crippen molar-refractivity contribution in [2.45, 2.75) is 109 Å². The van der Waals surface area contributed by atoms with Crippen molar-refractivity contribution in [3.63, 3.8) is 0 Å². The van der Waals surface area contributed by atoms with E-state index in [9.17, 15) is 5.21 Å². The summed E-state index contributed by atoms with van der Waals surface area (Å²) in [6.07, 6.45) is 10.2. The molecule has 0 aromatic heterocycles. The number of rotatable bonds is 4. The lowest BCUT2D eigenvalue weighted by Gasteiger charge is -2.50. The first kappa shape index (κ1) is 19.9. The first-order valence-electron chi connectivity index (χ1n) is 10.8. The van der Waals surface area contributed by atoms with Gasteiger partial charge < -0.3 is 0 Å². The van der Waals surface area contributed by atoms with E-state index in [1.54, 1.807) is 0 Å². The highest BCUT2D eigenvalue weighted by atomic mass is 16.5. The van der Waals surface area contributed by atoms with Crippen LogP contribution in [0.15, 0.2) is 24.3 Å². The average Bonchev–Trinajstić information content (AvgIpc) is 2.60. The van der Waals surface area contributed by atoms with Crippen molar-refractivity contribution in [3.8, 4) is 0 Å². The highest BCUT2D eigenvalue weighted by Gasteiger charge is 2.46. The molecule has 145 valence electrons. The molecule has 0 atom stereocenters. The molecule has 0 amide bonds. The maximum Gasteiger partial charge on any atom is 0.0449 e. The van der Waals surface area contributed by atoms with E-state index in [1.807, 2.05) is 0 Å². The zero-order valence-electron chi connectivity index (χ0n) is 17.6. The molecule has 26 heavy (non-hydrogen) atoms. The van der Waals surface area contributed by atoms with Gasteiger partial charge in [0.15, 0.2) is 0 Å². The minimum Gasteiger partial charge on any atom is -0.144 e. The quantitative estimate of drug-likeness (QED) is 0.579. The minimum atomic E-state index is -0.289. The summed E-state index contributed by atoms with van der Waals surface area (Å²) in [5.41, 5.74) is 2.37. The number of benzene rings is 1. The van der Waals surface area contributed by atoms with E-state index < -0.39 is 0 Å². The lowest BCUT2D eigenvalue weighted by Crippen LogP contribution is -2.57. The van der Waals surface area contributed by atoms with Crippen molar-refractivity contribution in [3.05, 3.63) is 35.4 Å². The fourth-order valence-electron chi connectivity index (χ4n) is 5.73. The molecule has 2 aliphatic rings. The standard InChI is InChI=1S/C24H38NO/c1-6-7-18-8-10-19(11-9-18)20-12-14-21(15-13-20)22-16-23(2,3)25(26)24(4,5)17-22/h12-15,18-19,22H,6-11,16-17H2,1-5H3. The lowest BCUT2D eigenvalue weighted by atomic mass is 9.72. The number of piperidine rings is 1. The molecule has 1 heterocycles. The lowest BCUT2D eigenvalue weighted by molar-refractivity contribution is -0.289. The van der Waals surface area contributed by atoms with Crippen molar-refractivity contribution in [2.75, 3.05) is 0 Å². The molecular formula is C24H38NO. The molecule has 2 fully saturated rings. The second-order valence-corrected chi connectivity index (χ2v) is 10.2. The summed E-state index contributed by atoms with van der Waals surface area (Å²) in [5.74, 6) is 2.21. The monoisotopic (exact) mass is 356 g/mol. The van der Waals surface area contributed by atoms with Gasteiger partial charge in [-0.25, -0.2) is 0 Å². The van der Waals surface area contributed by atoms with Gasteiger partial charge in [-0.05, 0) is 95.1 Å². The average molecular weight is 357 g/mol. The van der Waals surface area contributed by atoms with Crippen LogP contribution in [0.4, 0.5) is 0 Å². The van der Waals surface area contributed by atoms with Gasteiger partial charge in [-0.15, -0.1) is 10.3 Å². The maximum absolute atomic E-state index is 12.6. The van der Waals surface area contributed by atoms with Crippen molar-refractivity contribution < 1.29 is 5.21 Å². The van der Waals surface area contributed by atoms with Gasteiger partial charge in [0.05, 0.1) is 0 Å². The fourth-order valence-corrected chi connectivity index (χ4v) is 5.73. The van der Waals surface area contributed by atoms with Gasteiger partial charge >= 0.3 is 0 Å². The van der Waals surface area contributed by atoms with Crippen molar-refractivity contribution >= 4 is 0 Å². The Bertz CT molecular complexity index is 563. The van der Waals surface area contributed by atoms with Crippen LogP contribution >= 0.6 is 0 Å². The predicted molar refractivity (Wildman–Crippen MR) is 109 cm³/mol. The van der Waals surface area contributed by atoms with Crippen LogP contribution < -0.4 is 0 Å². The molecule has 0 spiro atoms. The largest absolute Gasteiger partial charge is 0.144 e. The Kier molecular flexibility index (Phi) is 5.84. The van der Waals surface area contributed by atoms with Crippen LogP contribution in [-0.2, 0) is 5.21 Å². The first-order valence-corrected chi connectivity index (χ1v) is 10.8. The Hall–Kier alpha value is -0.860. The Labute approximate surface area is 160 Å². The van der Waals surface area contributed by atoms with Gasteiger partial charge in [0.25, 0.3) is 0 Å². The summed E-state index contributed by atoms with van der Waals surface area (Å²) in [6, 6.07) is 9.46. The molecular weight excluding hydrogens is 318 g/mol. The SMILES string of the molecule is CCCC1CCC(c2ccc(C3CC(C)(C)N([O])C(C)(C)C3)cc2)CC1. The topological polar surface area (TPSA) is 23.1 Å². The van der Waals surface area contributed by atoms with E-state index in [1.165, 1.54) is 54.7 Å². The van der Waals surface area contributed by atoms with Crippen molar-refractivity contribution in [2.24, 2.45) is 5.92 Å². The third kappa shape index (κ3) is 4.17. The second-order valence-electron chi connectivity index (χ2n) is 10.2. The van der Waals surface area contributed by atoms with Gasteiger partial charge in [0, 0.05) is 11.1 Å². The van der Waals surface area contributed by atoms with E-state index in [2.05, 4.69) is 58.9 Å². The zero-order chi connectivity index (χ0) is 18.9. The smallest absolute Gasteiger partial charge is 0.0449 e. The van der Waals surface area contributed by atoms with Crippen LogP contribution in [0, 0.1) is 5.92 Å². The molecule has 2 heteroatoms. The summed E-state index contributed by atoms with van der Waals surface area (Å²) in [4.78, 5) is 0. The molecule has 0 bridgehead atoms. The summed E-state index contributed by atoms with van der Waals surface area (Å²) < 4.78 is 0. The maximum atomic E-state index is 12.6. The highest BCUT2D eigenvalue weighted by molar-refractivity contribution is 5.29. The fraction of sp³-hybridized carbons (Fsp3) is 0.750. The normalized spacial score (nSPS) is 29.6. The van der Waals surface area contributed by atoms with Crippen LogP contribution in [0.2, 0.25) is 0 Å². The zero-order valence-corrected chi connectivity index (χ0v) is 17.6. The van der Waals surface area contributed by atoms with E-state index >= 15 is 0 Å². The summed E-state index contributed by atoms with van der Waals surface area (Å²) in [6.45, 7) is 10.7. The molecule has 0 N–H and O–H groups in total.